The average Bonchev–Trinajstić information content (AvgIpc) is 2.16. The minimum absolute atomic E-state index is 0.675. The molecule has 76 valence electrons. The smallest absolute Gasteiger partial charge is 0.325 e. The molecule has 0 aromatic heterocycles. The highest BCUT2D eigenvalue weighted by Crippen LogP contribution is 2.22. The third-order valence-corrected chi connectivity index (χ3v) is 2.58. The Morgan fingerprint density at radius 2 is 2.29 bits per heavy atom. The van der Waals surface area contributed by atoms with Crippen molar-refractivity contribution in [3.63, 3.8) is 0 Å². The van der Waals surface area contributed by atoms with E-state index in [2.05, 4.69) is 15.9 Å². The Morgan fingerprint density at radius 1 is 1.64 bits per heavy atom. The van der Waals surface area contributed by atoms with Crippen LogP contribution in [0.2, 0.25) is 0 Å². The van der Waals surface area contributed by atoms with Gasteiger partial charge in [0, 0.05) is 4.47 Å². The summed E-state index contributed by atoms with van der Waals surface area (Å²) in [7, 11) is 0. The topological polar surface area (TPSA) is 63.3 Å². The van der Waals surface area contributed by atoms with Gasteiger partial charge < -0.3 is 10.8 Å². The van der Waals surface area contributed by atoms with Gasteiger partial charge in [0.1, 0.15) is 6.04 Å². The zero-order chi connectivity index (χ0) is 10.7. The quantitative estimate of drug-likeness (QED) is 0.872. The summed E-state index contributed by atoms with van der Waals surface area (Å²) in [4.78, 5) is 10.7. The van der Waals surface area contributed by atoms with Gasteiger partial charge in [-0.05, 0) is 29.7 Å². The number of aryl methyl sites for hydroxylation is 1. The van der Waals surface area contributed by atoms with Crippen LogP contribution in [0.15, 0.2) is 22.7 Å². The zero-order valence-corrected chi connectivity index (χ0v) is 9.41. The minimum atomic E-state index is -1.00. The first-order chi connectivity index (χ1) is 6.56. The van der Waals surface area contributed by atoms with Gasteiger partial charge in [0.15, 0.2) is 0 Å². The molecule has 3 nitrogen and oxygen atoms in total. The van der Waals surface area contributed by atoms with Gasteiger partial charge in [-0.3, -0.25) is 4.79 Å². The molecule has 0 aliphatic carbocycles. The molecule has 1 rings (SSSR count). The van der Waals surface area contributed by atoms with E-state index in [-0.39, 0.29) is 0 Å². The molecule has 0 aliphatic rings. The van der Waals surface area contributed by atoms with E-state index in [9.17, 15) is 4.79 Å². The van der Waals surface area contributed by atoms with Crippen molar-refractivity contribution in [3.8, 4) is 0 Å². The fraction of sp³-hybridized carbons (Fsp3) is 0.300. The molecular weight excluding hydrogens is 246 g/mol. The SMILES string of the molecule is CCc1ccc(Br)cc1[C@@H](N)C(=O)O. The summed E-state index contributed by atoms with van der Waals surface area (Å²) in [5.41, 5.74) is 7.21. The first-order valence-corrected chi connectivity index (χ1v) is 5.12. The van der Waals surface area contributed by atoms with Crippen LogP contribution in [0.4, 0.5) is 0 Å². The van der Waals surface area contributed by atoms with Gasteiger partial charge in [-0.2, -0.15) is 0 Å². The van der Waals surface area contributed by atoms with Gasteiger partial charge in [-0.25, -0.2) is 0 Å². The predicted molar refractivity (Wildman–Crippen MR) is 58.1 cm³/mol. The number of carbonyl (C=O) groups is 1. The first-order valence-electron chi connectivity index (χ1n) is 4.33. The van der Waals surface area contributed by atoms with Crippen molar-refractivity contribution in [2.45, 2.75) is 19.4 Å². The van der Waals surface area contributed by atoms with Crippen molar-refractivity contribution in [3.05, 3.63) is 33.8 Å². The molecule has 14 heavy (non-hydrogen) atoms. The van der Waals surface area contributed by atoms with E-state index >= 15 is 0 Å². The summed E-state index contributed by atoms with van der Waals surface area (Å²) in [6.07, 6.45) is 0.781. The normalized spacial score (nSPS) is 12.5. The van der Waals surface area contributed by atoms with Crippen molar-refractivity contribution < 1.29 is 9.90 Å². The number of carboxylic acid groups (broad SMARTS) is 1. The Morgan fingerprint density at radius 3 is 2.79 bits per heavy atom. The zero-order valence-electron chi connectivity index (χ0n) is 7.83. The van der Waals surface area contributed by atoms with E-state index in [0.29, 0.717) is 5.56 Å². The first kappa shape index (κ1) is 11.2. The van der Waals surface area contributed by atoms with Crippen LogP contribution in [0, 0.1) is 0 Å². The van der Waals surface area contributed by atoms with Crippen LogP contribution in [-0.4, -0.2) is 11.1 Å². The lowest BCUT2D eigenvalue weighted by molar-refractivity contribution is -0.138. The Bertz CT molecular complexity index is 352. The summed E-state index contributed by atoms with van der Waals surface area (Å²) < 4.78 is 0.849. The molecule has 0 heterocycles. The van der Waals surface area contributed by atoms with Crippen LogP contribution >= 0.6 is 15.9 Å². The summed E-state index contributed by atoms with van der Waals surface area (Å²) in [5, 5.41) is 8.81. The van der Waals surface area contributed by atoms with E-state index in [0.717, 1.165) is 16.5 Å². The summed E-state index contributed by atoms with van der Waals surface area (Å²) in [5.74, 6) is -1.00. The van der Waals surface area contributed by atoms with Crippen LogP contribution < -0.4 is 5.73 Å². The van der Waals surface area contributed by atoms with Crippen molar-refractivity contribution in [1.82, 2.24) is 0 Å². The number of hydrogen-bond donors (Lipinski definition) is 2. The number of halogens is 1. The largest absolute Gasteiger partial charge is 0.480 e. The molecule has 0 spiro atoms. The number of carboxylic acids is 1. The maximum absolute atomic E-state index is 10.7. The van der Waals surface area contributed by atoms with E-state index in [1.54, 1.807) is 6.07 Å². The fourth-order valence-corrected chi connectivity index (χ4v) is 1.69. The second-order valence-electron chi connectivity index (χ2n) is 3.01. The van der Waals surface area contributed by atoms with Crippen LogP contribution in [0.3, 0.4) is 0 Å². The molecule has 0 fully saturated rings. The molecule has 1 atom stereocenters. The molecular formula is C10H12BrNO2. The molecule has 3 N–H and O–H groups in total. The Kier molecular flexibility index (Phi) is 3.66. The van der Waals surface area contributed by atoms with E-state index in [1.165, 1.54) is 0 Å². The van der Waals surface area contributed by atoms with Gasteiger partial charge in [-0.1, -0.05) is 28.9 Å². The average molecular weight is 258 g/mol. The van der Waals surface area contributed by atoms with Gasteiger partial charge >= 0.3 is 5.97 Å². The van der Waals surface area contributed by atoms with E-state index in [4.69, 9.17) is 10.8 Å². The minimum Gasteiger partial charge on any atom is -0.480 e. The molecule has 0 amide bonds. The van der Waals surface area contributed by atoms with E-state index < -0.39 is 12.0 Å². The number of aliphatic carboxylic acids is 1. The molecule has 4 heteroatoms. The standard InChI is InChI=1S/C10H12BrNO2/c1-2-6-3-4-7(11)5-8(6)9(12)10(13)14/h3-5,9H,2,12H2,1H3,(H,13,14)/t9-/m1/s1. The summed E-state index contributed by atoms with van der Waals surface area (Å²) in [6.45, 7) is 1.97. The van der Waals surface area contributed by atoms with Crippen molar-refractivity contribution in [1.29, 1.82) is 0 Å². The third kappa shape index (κ3) is 2.33. The Balaban J connectivity index is 3.16. The van der Waals surface area contributed by atoms with Crippen LogP contribution in [0.5, 0.6) is 0 Å². The van der Waals surface area contributed by atoms with Crippen molar-refractivity contribution in [2.24, 2.45) is 5.73 Å². The second kappa shape index (κ2) is 4.57. The van der Waals surface area contributed by atoms with Gasteiger partial charge in [0.05, 0.1) is 0 Å². The summed E-state index contributed by atoms with van der Waals surface area (Å²) in [6, 6.07) is 4.60. The number of rotatable bonds is 3. The lowest BCUT2D eigenvalue weighted by Crippen LogP contribution is -2.22. The molecule has 0 saturated heterocycles. The lowest BCUT2D eigenvalue weighted by atomic mass is 9.99. The van der Waals surface area contributed by atoms with E-state index in [1.807, 2.05) is 19.1 Å². The molecule has 1 aromatic rings. The van der Waals surface area contributed by atoms with Gasteiger partial charge in [0.25, 0.3) is 0 Å². The molecule has 0 radical (unpaired) electrons. The highest BCUT2D eigenvalue weighted by Gasteiger charge is 2.17. The third-order valence-electron chi connectivity index (χ3n) is 2.09. The molecule has 0 bridgehead atoms. The highest BCUT2D eigenvalue weighted by atomic mass is 79.9. The van der Waals surface area contributed by atoms with Crippen LogP contribution in [-0.2, 0) is 11.2 Å². The number of nitrogens with two attached hydrogens (primary N) is 1. The lowest BCUT2D eigenvalue weighted by Gasteiger charge is -2.12. The van der Waals surface area contributed by atoms with Crippen LogP contribution in [0.1, 0.15) is 24.1 Å². The molecule has 0 unspecified atom stereocenters. The van der Waals surface area contributed by atoms with Crippen LogP contribution in [0.25, 0.3) is 0 Å². The fourth-order valence-electron chi connectivity index (χ4n) is 1.31. The van der Waals surface area contributed by atoms with Gasteiger partial charge in [-0.15, -0.1) is 0 Å². The second-order valence-corrected chi connectivity index (χ2v) is 3.93. The maximum Gasteiger partial charge on any atom is 0.325 e. The van der Waals surface area contributed by atoms with Crippen molar-refractivity contribution in [2.75, 3.05) is 0 Å². The maximum atomic E-state index is 10.7. The summed E-state index contributed by atoms with van der Waals surface area (Å²) >= 11 is 3.29. The van der Waals surface area contributed by atoms with Crippen molar-refractivity contribution >= 4 is 21.9 Å². The molecule has 1 aromatic carbocycles. The monoisotopic (exact) mass is 257 g/mol. The Labute approximate surface area is 91.1 Å². The number of benzene rings is 1. The Hall–Kier alpha value is -0.870. The molecule has 0 aliphatic heterocycles. The molecule has 0 saturated carbocycles. The number of hydrogen-bond acceptors (Lipinski definition) is 2. The highest BCUT2D eigenvalue weighted by molar-refractivity contribution is 9.10. The predicted octanol–water partition coefficient (Wildman–Crippen LogP) is 2.10. The van der Waals surface area contributed by atoms with Gasteiger partial charge in [0.2, 0.25) is 0 Å².